The highest BCUT2D eigenvalue weighted by Gasteiger charge is 2.24. The van der Waals surface area contributed by atoms with Crippen LogP contribution in [0.2, 0.25) is 0 Å². The van der Waals surface area contributed by atoms with E-state index in [1.165, 1.54) is 16.9 Å². The van der Waals surface area contributed by atoms with Gasteiger partial charge < -0.3 is 20.2 Å². The number of guanidine groups is 1. The van der Waals surface area contributed by atoms with Gasteiger partial charge in [-0.2, -0.15) is 0 Å². The lowest BCUT2D eigenvalue weighted by Crippen LogP contribution is -2.44. The molecular weight excluding hydrogens is 372 g/mol. The Hall–Kier alpha value is -2.64. The molecule has 3 rings (SSSR count). The van der Waals surface area contributed by atoms with Crippen molar-refractivity contribution in [3.05, 3.63) is 64.2 Å². The van der Waals surface area contributed by atoms with E-state index in [2.05, 4.69) is 20.6 Å². The topological polar surface area (TPSA) is 82.7 Å². The van der Waals surface area contributed by atoms with Crippen LogP contribution in [0.5, 0.6) is 0 Å². The minimum atomic E-state index is -0.961. The molecule has 0 saturated carbocycles. The second-order valence-corrected chi connectivity index (χ2v) is 7.76. The number of aliphatic imine (C=N–C) groups is 1. The highest BCUT2D eigenvalue weighted by atomic mass is 32.1. The summed E-state index contributed by atoms with van der Waals surface area (Å²) in [6.45, 7) is 7.30. The summed E-state index contributed by atoms with van der Waals surface area (Å²) in [5, 5.41) is 19.0. The van der Waals surface area contributed by atoms with Gasteiger partial charge in [-0.05, 0) is 44.4 Å². The number of aliphatic hydroxyl groups is 1. The fourth-order valence-corrected chi connectivity index (χ4v) is 3.43. The van der Waals surface area contributed by atoms with Crippen molar-refractivity contribution < 1.29 is 9.52 Å². The largest absolute Gasteiger partial charge is 0.444 e. The molecule has 1 aromatic carbocycles. The van der Waals surface area contributed by atoms with E-state index in [4.69, 9.17) is 4.42 Å². The minimum absolute atomic E-state index is 0.354. The summed E-state index contributed by atoms with van der Waals surface area (Å²) < 4.78 is 5.59. The molecule has 7 heteroatoms. The van der Waals surface area contributed by atoms with E-state index in [1.54, 1.807) is 13.2 Å². The lowest BCUT2D eigenvalue weighted by Gasteiger charge is -2.23. The van der Waals surface area contributed by atoms with Crippen molar-refractivity contribution in [1.82, 2.24) is 15.6 Å². The monoisotopic (exact) mass is 398 g/mol. The van der Waals surface area contributed by atoms with Gasteiger partial charge >= 0.3 is 0 Å². The van der Waals surface area contributed by atoms with E-state index < -0.39 is 5.60 Å². The SMILES string of the molecule is CCNC(=NCc1coc(-c2ccc(C)cc2)n1)NCC(C)(O)c1cccs1. The first-order chi connectivity index (χ1) is 13.5. The minimum Gasteiger partial charge on any atom is -0.444 e. The Kier molecular flexibility index (Phi) is 6.49. The van der Waals surface area contributed by atoms with Crippen LogP contribution in [-0.2, 0) is 12.1 Å². The van der Waals surface area contributed by atoms with E-state index in [1.807, 2.05) is 55.6 Å². The van der Waals surface area contributed by atoms with Gasteiger partial charge in [0.2, 0.25) is 5.89 Å². The van der Waals surface area contributed by atoms with E-state index in [-0.39, 0.29) is 0 Å². The highest BCUT2D eigenvalue weighted by Crippen LogP contribution is 2.24. The molecule has 0 aliphatic heterocycles. The molecule has 3 N–H and O–H groups in total. The molecule has 0 spiro atoms. The zero-order chi connectivity index (χ0) is 20.0. The van der Waals surface area contributed by atoms with Gasteiger partial charge in [0.15, 0.2) is 5.96 Å². The molecule has 148 valence electrons. The molecule has 1 atom stereocenters. The molecule has 0 aliphatic carbocycles. The van der Waals surface area contributed by atoms with Crippen LogP contribution >= 0.6 is 11.3 Å². The maximum atomic E-state index is 10.7. The Morgan fingerprint density at radius 3 is 2.71 bits per heavy atom. The molecule has 0 bridgehead atoms. The zero-order valence-corrected chi connectivity index (χ0v) is 17.2. The molecule has 1 unspecified atom stereocenters. The molecule has 0 saturated heterocycles. The number of aryl methyl sites for hydroxylation is 1. The summed E-state index contributed by atoms with van der Waals surface area (Å²) in [5.41, 5.74) is 1.92. The van der Waals surface area contributed by atoms with Crippen molar-refractivity contribution in [3.8, 4) is 11.5 Å². The smallest absolute Gasteiger partial charge is 0.226 e. The Morgan fingerprint density at radius 2 is 2.04 bits per heavy atom. The summed E-state index contributed by atoms with van der Waals surface area (Å²) in [7, 11) is 0. The maximum absolute atomic E-state index is 10.7. The molecule has 3 aromatic rings. The average molecular weight is 399 g/mol. The Bertz CT molecular complexity index is 899. The third kappa shape index (κ3) is 5.21. The van der Waals surface area contributed by atoms with Crippen molar-refractivity contribution in [2.24, 2.45) is 4.99 Å². The molecule has 6 nitrogen and oxygen atoms in total. The van der Waals surface area contributed by atoms with E-state index in [9.17, 15) is 5.11 Å². The van der Waals surface area contributed by atoms with Gasteiger partial charge in [-0.25, -0.2) is 9.98 Å². The van der Waals surface area contributed by atoms with E-state index in [0.717, 1.165) is 22.7 Å². The number of hydrogen-bond donors (Lipinski definition) is 3. The van der Waals surface area contributed by atoms with E-state index >= 15 is 0 Å². The fraction of sp³-hybridized carbons (Fsp3) is 0.333. The second-order valence-electron chi connectivity index (χ2n) is 6.81. The van der Waals surface area contributed by atoms with Crippen molar-refractivity contribution >= 4 is 17.3 Å². The molecule has 0 fully saturated rings. The summed E-state index contributed by atoms with van der Waals surface area (Å²) in [5.74, 6) is 1.21. The zero-order valence-electron chi connectivity index (χ0n) is 16.4. The number of oxazole rings is 1. The van der Waals surface area contributed by atoms with Gasteiger partial charge in [0.05, 0.1) is 13.1 Å². The van der Waals surface area contributed by atoms with Crippen molar-refractivity contribution in [1.29, 1.82) is 0 Å². The molecule has 2 heterocycles. The van der Waals surface area contributed by atoms with Gasteiger partial charge in [0.25, 0.3) is 0 Å². The van der Waals surface area contributed by atoms with Crippen LogP contribution in [0.3, 0.4) is 0 Å². The normalized spacial score (nSPS) is 13.9. The van der Waals surface area contributed by atoms with Crippen LogP contribution in [0, 0.1) is 6.92 Å². The third-order valence-corrected chi connectivity index (χ3v) is 5.37. The predicted octanol–water partition coefficient (Wildman–Crippen LogP) is 3.67. The summed E-state index contributed by atoms with van der Waals surface area (Å²) in [4.78, 5) is 9.98. The quantitative estimate of drug-likeness (QED) is 0.418. The van der Waals surface area contributed by atoms with Crippen LogP contribution in [0.1, 0.15) is 30.0 Å². The lowest BCUT2D eigenvalue weighted by atomic mass is 10.1. The van der Waals surface area contributed by atoms with Crippen LogP contribution in [-0.4, -0.2) is 29.1 Å². The number of nitrogens with one attached hydrogen (secondary N) is 2. The summed E-state index contributed by atoms with van der Waals surface area (Å²) >= 11 is 1.53. The average Bonchev–Trinajstić information content (AvgIpc) is 3.37. The second kappa shape index (κ2) is 9.03. The lowest BCUT2D eigenvalue weighted by molar-refractivity contribution is 0.0655. The van der Waals surface area contributed by atoms with Crippen LogP contribution in [0.4, 0.5) is 0 Å². The van der Waals surface area contributed by atoms with Gasteiger partial charge in [-0.1, -0.05) is 23.8 Å². The Labute approximate surface area is 169 Å². The standard InChI is InChI=1S/C21H26N4O2S/c1-4-22-20(24-14-21(3,26)18-6-5-11-28-18)23-12-17-13-27-19(25-17)16-9-7-15(2)8-10-16/h5-11,13,26H,4,12,14H2,1-3H3,(H2,22,23,24). The first kappa shape index (κ1) is 20.1. The van der Waals surface area contributed by atoms with E-state index in [0.29, 0.717) is 24.9 Å². The summed E-state index contributed by atoms with van der Waals surface area (Å²) in [6, 6.07) is 11.9. The number of thiophene rings is 1. The third-order valence-electron chi connectivity index (χ3n) is 4.25. The van der Waals surface area contributed by atoms with Crippen molar-refractivity contribution in [2.75, 3.05) is 13.1 Å². The maximum Gasteiger partial charge on any atom is 0.226 e. The molecule has 0 amide bonds. The van der Waals surface area contributed by atoms with Gasteiger partial charge in [-0.3, -0.25) is 0 Å². The molecule has 28 heavy (non-hydrogen) atoms. The van der Waals surface area contributed by atoms with Gasteiger partial charge in [-0.15, -0.1) is 11.3 Å². The van der Waals surface area contributed by atoms with Crippen molar-refractivity contribution in [2.45, 2.75) is 32.9 Å². The number of nitrogens with zero attached hydrogens (tertiary/aromatic N) is 2. The molecule has 2 aromatic heterocycles. The predicted molar refractivity (Wildman–Crippen MR) is 113 cm³/mol. The fourth-order valence-electron chi connectivity index (χ4n) is 2.64. The Morgan fingerprint density at radius 1 is 1.25 bits per heavy atom. The van der Waals surface area contributed by atoms with Crippen molar-refractivity contribution in [3.63, 3.8) is 0 Å². The first-order valence-corrected chi connectivity index (χ1v) is 10.2. The molecule has 0 aliphatic rings. The first-order valence-electron chi connectivity index (χ1n) is 9.28. The number of benzene rings is 1. The number of hydrogen-bond acceptors (Lipinski definition) is 5. The number of rotatable bonds is 7. The number of aromatic nitrogens is 1. The van der Waals surface area contributed by atoms with Crippen LogP contribution < -0.4 is 10.6 Å². The van der Waals surface area contributed by atoms with Crippen LogP contribution in [0.15, 0.2) is 57.5 Å². The molecular formula is C21H26N4O2S. The van der Waals surface area contributed by atoms with Crippen LogP contribution in [0.25, 0.3) is 11.5 Å². The summed E-state index contributed by atoms with van der Waals surface area (Å²) in [6.07, 6.45) is 1.63. The highest BCUT2D eigenvalue weighted by molar-refractivity contribution is 7.10. The molecule has 0 radical (unpaired) electrons. The van der Waals surface area contributed by atoms with Gasteiger partial charge in [0.1, 0.15) is 17.6 Å². The van der Waals surface area contributed by atoms with Gasteiger partial charge in [0, 0.05) is 17.0 Å². The Balaban J connectivity index is 1.63.